The maximum Gasteiger partial charge on any atom is 0.330 e. The molecule has 1 saturated carbocycles. The van der Waals surface area contributed by atoms with Crippen LogP contribution in [0.3, 0.4) is 0 Å². The molecule has 1 rings (SSSR count). The van der Waals surface area contributed by atoms with Crippen molar-refractivity contribution in [2.75, 3.05) is 20.4 Å². The number of carbonyl (C=O) groups excluding carboxylic acids is 1. The second-order valence-electron chi connectivity index (χ2n) is 3.97. The molecule has 0 spiro atoms. The summed E-state index contributed by atoms with van der Waals surface area (Å²) in [5.41, 5.74) is 0. The monoisotopic (exact) mass is 234 g/mol. The maximum atomic E-state index is 11.6. The van der Waals surface area contributed by atoms with E-state index in [9.17, 15) is 9.36 Å². The smallest absolute Gasteiger partial charge is 0.312 e. The molecular formula is C10H19O4P. The molecule has 0 aromatic heterocycles. The Balaban J connectivity index is 2.16. The molecular weight excluding hydrogens is 215 g/mol. The van der Waals surface area contributed by atoms with Gasteiger partial charge in [-0.15, -0.1) is 0 Å². The van der Waals surface area contributed by atoms with E-state index >= 15 is 0 Å². The van der Waals surface area contributed by atoms with Crippen molar-refractivity contribution in [3.8, 4) is 0 Å². The van der Waals surface area contributed by atoms with E-state index in [1.165, 1.54) is 27.1 Å². The minimum atomic E-state index is -2.99. The molecule has 0 aromatic carbocycles. The van der Waals surface area contributed by atoms with Gasteiger partial charge in [-0.2, -0.15) is 0 Å². The third-order valence-electron chi connectivity index (χ3n) is 2.75. The zero-order chi connectivity index (χ0) is 11.3. The van der Waals surface area contributed by atoms with Crippen molar-refractivity contribution in [2.45, 2.75) is 32.1 Å². The summed E-state index contributed by atoms with van der Waals surface area (Å²) in [6.07, 6.45) is 4.63. The van der Waals surface area contributed by atoms with E-state index in [2.05, 4.69) is 0 Å². The van der Waals surface area contributed by atoms with Gasteiger partial charge in [-0.05, 0) is 12.3 Å². The van der Waals surface area contributed by atoms with Crippen LogP contribution in [0.2, 0.25) is 0 Å². The van der Waals surface area contributed by atoms with Crippen LogP contribution in [0.1, 0.15) is 32.1 Å². The second-order valence-corrected chi connectivity index (χ2v) is 6.37. The predicted molar refractivity (Wildman–Crippen MR) is 58.1 cm³/mol. The van der Waals surface area contributed by atoms with Crippen LogP contribution in [0, 0.1) is 5.92 Å². The van der Waals surface area contributed by atoms with Gasteiger partial charge in [0.1, 0.15) is 5.78 Å². The predicted octanol–water partition coefficient (Wildman–Crippen LogP) is 2.62. The molecule has 1 aliphatic carbocycles. The van der Waals surface area contributed by atoms with Gasteiger partial charge in [-0.3, -0.25) is 9.36 Å². The van der Waals surface area contributed by atoms with Gasteiger partial charge in [0.05, 0.1) is 6.16 Å². The summed E-state index contributed by atoms with van der Waals surface area (Å²) >= 11 is 0. The van der Waals surface area contributed by atoms with Crippen LogP contribution < -0.4 is 0 Å². The van der Waals surface area contributed by atoms with Crippen molar-refractivity contribution >= 4 is 13.4 Å². The largest absolute Gasteiger partial charge is 0.330 e. The Bertz CT molecular complexity index is 252. The van der Waals surface area contributed by atoms with Crippen LogP contribution in [-0.4, -0.2) is 26.2 Å². The average molecular weight is 234 g/mol. The van der Waals surface area contributed by atoms with Gasteiger partial charge in [0, 0.05) is 27.1 Å². The Hall–Kier alpha value is -0.180. The summed E-state index contributed by atoms with van der Waals surface area (Å²) in [7, 11) is -0.295. The summed E-state index contributed by atoms with van der Waals surface area (Å²) in [6, 6.07) is 0. The van der Waals surface area contributed by atoms with Crippen molar-refractivity contribution in [3.05, 3.63) is 0 Å². The quantitative estimate of drug-likeness (QED) is 0.606. The van der Waals surface area contributed by atoms with Gasteiger partial charge >= 0.3 is 7.60 Å². The molecule has 0 aliphatic heterocycles. The van der Waals surface area contributed by atoms with Crippen molar-refractivity contribution in [2.24, 2.45) is 5.92 Å². The van der Waals surface area contributed by atoms with Crippen molar-refractivity contribution in [1.82, 2.24) is 0 Å². The Morgan fingerprint density at radius 2 is 1.87 bits per heavy atom. The molecule has 0 aromatic rings. The summed E-state index contributed by atoms with van der Waals surface area (Å²) in [5, 5.41) is 0. The standard InChI is InChI=1S/C10H19O4P/c1-13-15(12,14-2)8-7-10(11)6-5-9-3-4-9/h9H,3-8H2,1-2H3. The average Bonchev–Trinajstić information content (AvgIpc) is 3.07. The molecule has 5 heteroatoms. The van der Waals surface area contributed by atoms with Crippen molar-refractivity contribution < 1.29 is 18.4 Å². The molecule has 0 unspecified atom stereocenters. The van der Waals surface area contributed by atoms with Gasteiger partial charge in [0.25, 0.3) is 0 Å². The Kier molecular flexibility index (Phi) is 4.97. The number of ketones is 1. The highest BCUT2D eigenvalue weighted by Gasteiger charge is 2.24. The first-order valence-corrected chi connectivity index (χ1v) is 7.04. The molecule has 1 aliphatic rings. The highest BCUT2D eigenvalue weighted by atomic mass is 31.2. The lowest BCUT2D eigenvalue weighted by molar-refractivity contribution is -0.118. The Labute approximate surface area is 90.9 Å². The first kappa shape index (κ1) is 12.9. The van der Waals surface area contributed by atoms with Crippen LogP contribution in [0.15, 0.2) is 0 Å². The lowest BCUT2D eigenvalue weighted by Gasteiger charge is -2.12. The van der Waals surface area contributed by atoms with E-state index in [0.29, 0.717) is 12.8 Å². The van der Waals surface area contributed by atoms with E-state index in [4.69, 9.17) is 9.05 Å². The first-order valence-electron chi connectivity index (χ1n) is 5.32. The minimum Gasteiger partial charge on any atom is -0.312 e. The molecule has 15 heavy (non-hydrogen) atoms. The minimum absolute atomic E-state index is 0.163. The Morgan fingerprint density at radius 3 is 2.33 bits per heavy atom. The zero-order valence-corrected chi connectivity index (χ0v) is 10.3. The number of Topliss-reactive ketones (excluding diaryl/α,β-unsaturated/α-hetero) is 1. The van der Waals surface area contributed by atoms with Gasteiger partial charge in [0.15, 0.2) is 0 Å². The molecule has 0 heterocycles. The van der Waals surface area contributed by atoms with Gasteiger partial charge in [-0.25, -0.2) is 0 Å². The molecule has 0 N–H and O–H groups in total. The lowest BCUT2D eigenvalue weighted by Crippen LogP contribution is -2.04. The lowest BCUT2D eigenvalue weighted by atomic mass is 10.1. The molecule has 4 nitrogen and oxygen atoms in total. The summed E-state index contributed by atoms with van der Waals surface area (Å²) in [5.74, 6) is 0.932. The molecule has 0 bridgehead atoms. The van der Waals surface area contributed by atoms with E-state index in [0.717, 1.165) is 12.3 Å². The van der Waals surface area contributed by atoms with Gasteiger partial charge in [0.2, 0.25) is 0 Å². The van der Waals surface area contributed by atoms with Gasteiger partial charge < -0.3 is 9.05 Å². The number of hydrogen-bond acceptors (Lipinski definition) is 4. The molecule has 0 saturated heterocycles. The van der Waals surface area contributed by atoms with E-state index in [1.54, 1.807) is 0 Å². The summed E-state index contributed by atoms with van der Waals surface area (Å²) in [6.45, 7) is 0. The van der Waals surface area contributed by atoms with E-state index in [1.807, 2.05) is 0 Å². The molecule has 0 amide bonds. The summed E-state index contributed by atoms with van der Waals surface area (Å²) < 4.78 is 21.1. The van der Waals surface area contributed by atoms with Crippen LogP contribution in [-0.2, 0) is 18.4 Å². The van der Waals surface area contributed by atoms with Crippen LogP contribution >= 0.6 is 7.60 Å². The van der Waals surface area contributed by atoms with E-state index in [-0.39, 0.29) is 11.9 Å². The fourth-order valence-corrected chi connectivity index (χ4v) is 2.45. The van der Waals surface area contributed by atoms with Crippen molar-refractivity contribution in [1.29, 1.82) is 0 Å². The summed E-state index contributed by atoms with van der Waals surface area (Å²) in [4.78, 5) is 11.4. The molecule has 88 valence electrons. The second kappa shape index (κ2) is 5.78. The van der Waals surface area contributed by atoms with Crippen molar-refractivity contribution in [3.63, 3.8) is 0 Å². The van der Waals surface area contributed by atoms with Crippen LogP contribution in [0.25, 0.3) is 0 Å². The normalized spacial score (nSPS) is 16.7. The number of hydrogen-bond donors (Lipinski definition) is 0. The SMILES string of the molecule is COP(=O)(CCC(=O)CCC1CC1)OC. The van der Waals surface area contributed by atoms with Crippen LogP contribution in [0.5, 0.6) is 0 Å². The number of rotatable bonds is 8. The highest BCUT2D eigenvalue weighted by Crippen LogP contribution is 2.46. The third kappa shape index (κ3) is 4.92. The third-order valence-corrected chi connectivity index (χ3v) is 4.63. The fraction of sp³-hybridized carbons (Fsp3) is 0.900. The molecule has 1 fully saturated rings. The van der Waals surface area contributed by atoms with Crippen LogP contribution in [0.4, 0.5) is 0 Å². The number of carbonyl (C=O) groups is 1. The zero-order valence-electron chi connectivity index (χ0n) is 9.40. The van der Waals surface area contributed by atoms with Gasteiger partial charge in [-0.1, -0.05) is 12.8 Å². The molecule has 0 radical (unpaired) electrons. The Morgan fingerprint density at radius 1 is 1.27 bits per heavy atom. The topological polar surface area (TPSA) is 52.6 Å². The highest BCUT2D eigenvalue weighted by molar-refractivity contribution is 7.53. The fourth-order valence-electron chi connectivity index (χ4n) is 1.42. The van der Waals surface area contributed by atoms with E-state index < -0.39 is 7.60 Å². The molecule has 0 atom stereocenters. The first-order chi connectivity index (χ1) is 7.09. The maximum absolute atomic E-state index is 11.6.